The highest BCUT2D eigenvalue weighted by molar-refractivity contribution is 5.94. The Kier molecular flexibility index (Phi) is 6.51. The molecule has 1 amide bonds. The number of para-hydroxylation sites is 1. The van der Waals surface area contributed by atoms with E-state index in [4.69, 9.17) is 9.47 Å². The Labute approximate surface area is 158 Å². The van der Waals surface area contributed by atoms with Crippen LogP contribution in [-0.4, -0.2) is 66.3 Å². The van der Waals surface area contributed by atoms with Gasteiger partial charge in [0.25, 0.3) is 5.91 Å². The molecule has 0 radical (unpaired) electrons. The van der Waals surface area contributed by atoms with Crippen LogP contribution in [0.15, 0.2) is 48.5 Å². The predicted molar refractivity (Wildman–Crippen MR) is 103 cm³/mol. The maximum atomic E-state index is 12.7. The number of aromatic nitrogens is 3. The minimum atomic E-state index is -0.0261. The fraction of sp³-hybridized carbons (Fsp3) is 0.350. The van der Waals surface area contributed by atoms with Crippen molar-refractivity contribution in [3.05, 3.63) is 59.7 Å². The van der Waals surface area contributed by atoms with Crippen LogP contribution in [0.3, 0.4) is 0 Å². The number of amides is 1. The van der Waals surface area contributed by atoms with E-state index in [9.17, 15) is 4.79 Å². The van der Waals surface area contributed by atoms with Crippen molar-refractivity contribution in [3.63, 3.8) is 0 Å². The van der Waals surface area contributed by atoms with Gasteiger partial charge in [-0.05, 0) is 29.8 Å². The van der Waals surface area contributed by atoms with E-state index in [1.807, 2.05) is 53.2 Å². The smallest absolute Gasteiger partial charge is 0.254 e. The SMILES string of the molecule is COCCN(CCOC)C(=O)c1ccc(Cn2nnc3ccccc32)cc1. The topological polar surface area (TPSA) is 69.5 Å². The molecule has 0 saturated heterocycles. The minimum Gasteiger partial charge on any atom is -0.383 e. The molecule has 3 aromatic rings. The van der Waals surface area contributed by atoms with Crippen LogP contribution >= 0.6 is 0 Å². The van der Waals surface area contributed by atoms with Crippen LogP contribution < -0.4 is 0 Å². The van der Waals surface area contributed by atoms with Gasteiger partial charge in [-0.15, -0.1) is 5.10 Å². The molecule has 0 saturated carbocycles. The van der Waals surface area contributed by atoms with Crippen LogP contribution in [0.1, 0.15) is 15.9 Å². The Morgan fingerprint density at radius 3 is 2.33 bits per heavy atom. The summed E-state index contributed by atoms with van der Waals surface area (Å²) in [5, 5.41) is 8.38. The van der Waals surface area contributed by atoms with Crippen molar-refractivity contribution in [1.82, 2.24) is 19.9 Å². The van der Waals surface area contributed by atoms with Gasteiger partial charge in [0.1, 0.15) is 5.52 Å². The largest absolute Gasteiger partial charge is 0.383 e. The van der Waals surface area contributed by atoms with Crippen LogP contribution in [0.5, 0.6) is 0 Å². The van der Waals surface area contributed by atoms with Crippen LogP contribution in [0.2, 0.25) is 0 Å². The van der Waals surface area contributed by atoms with Crippen molar-refractivity contribution in [3.8, 4) is 0 Å². The minimum absolute atomic E-state index is 0.0261. The van der Waals surface area contributed by atoms with Gasteiger partial charge in [-0.2, -0.15) is 0 Å². The zero-order chi connectivity index (χ0) is 19.1. The lowest BCUT2D eigenvalue weighted by atomic mass is 10.1. The molecular weight excluding hydrogens is 344 g/mol. The Hall–Kier alpha value is -2.77. The normalized spacial score (nSPS) is 11.0. The molecule has 2 aromatic carbocycles. The molecule has 1 aromatic heterocycles. The van der Waals surface area contributed by atoms with E-state index in [0.29, 0.717) is 38.4 Å². The summed E-state index contributed by atoms with van der Waals surface area (Å²) in [6.45, 7) is 2.66. The first-order valence-corrected chi connectivity index (χ1v) is 8.87. The lowest BCUT2D eigenvalue weighted by Gasteiger charge is -2.22. The molecule has 27 heavy (non-hydrogen) atoms. The van der Waals surface area contributed by atoms with Crippen molar-refractivity contribution < 1.29 is 14.3 Å². The lowest BCUT2D eigenvalue weighted by molar-refractivity contribution is 0.0627. The molecule has 142 valence electrons. The van der Waals surface area contributed by atoms with Crippen LogP contribution in [-0.2, 0) is 16.0 Å². The highest BCUT2D eigenvalue weighted by Gasteiger charge is 2.15. The zero-order valence-corrected chi connectivity index (χ0v) is 15.7. The molecule has 7 nitrogen and oxygen atoms in total. The van der Waals surface area contributed by atoms with Gasteiger partial charge in [-0.1, -0.05) is 29.5 Å². The van der Waals surface area contributed by atoms with Gasteiger partial charge < -0.3 is 14.4 Å². The van der Waals surface area contributed by atoms with Gasteiger partial charge in [0.15, 0.2) is 0 Å². The molecule has 0 aliphatic rings. The summed E-state index contributed by atoms with van der Waals surface area (Å²) in [7, 11) is 3.25. The van der Waals surface area contributed by atoms with E-state index in [-0.39, 0.29) is 5.91 Å². The van der Waals surface area contributed by atoms with Crippen molar-refractivity contribution in [1.29, 1.82) is 0 Å². The van der Waals surface area contributed by atoms with E-state index < -0.39 is 0 Å². The van der Waals surface area contributed by atoms with Gasteiger partial charge >= 0.3 is 0 Å². The third-order valence-corrected chi connectivity index (χ3v) is 4.37. The Morgan fingerprint density at radius 2 is 1.67 bits per heavy atom. The number of hydrogen-bond donors (Lipinski definition) is 0. The number of hydrogen-bond acceptors (Lipinski definition) is 5. The second-order valence-corrected chi connectivity index (χ2v) is 6.21. The number of benzene rings is 2. The number of nitrogens with zero attached hydrogens (tertiary/aromatic N) is 4. The van der Waals surface area contributed by atoms with E-state index in [1.54, 1.807) is 19.1 Å². The molecule has 0 bridgehead atoms. The molecule has 0 fully saturated rings. The molecule has 3 rings (SSSR count). The quantitative estimate of drug-likeness (QED) is 0.579. The molecule has 0 aliphatic heterocycles. The summed E-state index contributed by atoms with van der Waals surface area (Å²) in [4.78, 5) is 14.5. The summed E-state index contributed by atoms with van der Waals surface area (Å²) in [6.07, 6.45) is 0. The molecule has 0 atom stereocenters. The van der Waals surface area contributed by atoms with Crippen molar-refractivity contribution in [2.75, 3.05) is 40.5 Å². The Balaban J connectivity index is 1.70. The molecular formula is C20H24N4O3. The van der Waals surface area contributed by atoms with Gasteiger partial charge in [0.2, 0.25) is 0 Å². The number of carbonyl (C=O) groups is 1. The summed E-state index contributed by atoms with van der Waals surface area (Å²) < 4.78 is 12.1. The Bertz CT molecular complexity index is 868. The standard InChI is InChI=1S/C20H24N4O3/c1-26-13-11-23(12-14-27-2)20(25)17-9-7-16(8-10-17)15-24-19-6-4-3-5-18(19)21-22-24/h3-10H,11-15H2,1-2H3. The second kappa shape index (κ2) is 9.25. The van der Waals surface area contributed by atoms with E-state index >= 15 is 0 Å². The summed E-state index contributed by atoms with van der Waals surface area (Å²) >= 11 is 0. The maximum absolute atomic E-state index is 12.7. The van der Waals surface area contributed by atoms with E-state index in [0.717, 1.165) is 16.6 Å². The van der Waals surface area contributed by atoms with Gasteiger partial charge in [0, 0.05) is 32.9 Å². The number of rotatable bonds is 9. The third kappa shape index (κ3) is 4.69. The number of fused-ring (bicyclic) bond motifs is 1. The average Bonchev–Trinajstić information content (AvgIpc) is 3.11. The number of methoxy groups -OCH3 is 2. The molecule has 0 unspecified atom stereocenters. The summed E-state index contributed by atoms with van der Waals surface area (Å²) in [5.41, 5.74) is 3.57. The third-order valence-electron chi connectivity index (χ3n) is 4.37. The van der Waals surface area contributed by atoms with Crippen LogP contribution in [0.25, 0.3) is 11.0 Å². The maximum Gasteiger partial charge on any atom is 0.254 e. The predicted octanol–water partition coefficient (Wildman–Crippen LogP) is 2.21. The highest BCUT2D eigenvalue weighted by Crippen LogP contribution is 2.13. The molecule has 0 spiro atoms. The first kappa shape index (κ1) is 19.0. The van der Waals surface area contributed by atoms with E-state index in [1.165, 1.54) is 0 Å². The highest BCUT2D eigenvalue weighted by atomic mass is 16.5. The van der Waals surface area contributed by atoms with Crippen molar-refractivity contribution in [2.45, 2.75) is 6.54 Å². The van der Waals surface area contributed by atoms with Gasteiger partial charge in [-0.3, -0.25) is 4.79 Å². The number of carbonyl (C=O) groups excluding carboxylic acids is 1. The van der Waals surface area contributed by atoms with Crippen molar-refractivity contribution in [2.24, 2.45) is 0 Å². The van der Waals surface area contributed by atoms with Crippen LogP contribution in [0, 0.1) is 0 Å². The summed E-state index contributed by atoms with van der Waals surface area (Å²) in [5.74, 6) is -0.0261. The summed E-state index contributed by atoms with van der Waals surface area (Å²) in [6, 6.07) is 15.5. The fourth-order valence-corrected chi connectivity index (χ4v) is 2.86. The molecule has 0 N–H and O–H groups in total. The molecule has 7 heteroatoms. The van der Waals surface area contributed by atoms with E-state index in [2.05, 4.69) is 10.3 Å². The second-order valence-electron chi connectivity index (χ2n) is 6.21. The van der Waals surface area contributed by atoms with Crippen LogP contribution in [0.4, 0.5) is 0 Å². The zero-order valence-electron chi connectivity index (χ0n) is 15.7. The van der Waals surface area contributed by atoms with Gasteiger partial charge in [0.05, 0.1) is 25.3 Å². The molecule has 0 aliphatic carbocycles. The lowest BCUT2D eigenvalue weighted by Crippen LogP contribution is -2.36. The first-order valence-electron chi connectivity index (χ1n) is 8.87. The fourth-order valence-electron chi connectivity index (χ4n) is 2.86. The van der Waals surface area contributed by atoms with Crippen molar-refractivity contribution >= 4 is 16.9 Å². The van der Waals surface area contributed by atoms with Gasteiger partial charge in [-0.25, -0.2) is 4.68 Å². The monoisotopic (exact) mass is 368 g/mol. The number of ether oxygens (including phenoxy) is 2. The average molecular weight is 368 g/mol. The molecule has 1 heterocycles. The first-order chi connectivity index (χ1) is 13.2. The Morgan fingerprint density at radius 1 is 1.00 bits per heavy atom.